The Morgan fingerprint density at radius 2 is 1.78 bits per heavy atom. The van der Waals surface area contributed by atoms with Crippen molar-refractivity contribution in [2.24, 2.45) is 0 Å². The Kier molecular flexibility index (Phi) is 6.05. The van der Waals surface area contributed by atoms with Gasteiger partial charge in [-0.2, -0.15) is 0 Å². The van der Waals surface area contributed by atoms with Gasteiger partial charge in [0.15, 0.2) is 0 Å². The second kappa shape index (κ2) is 8.66. The second-order valence-electron chi connectivity index (χ2n) is 5.59. The fraction of sp³-hybridized carbons (Fsp3) is 0.105. The zero-order chi connectivity index (χ0) is 19.2. The Bertz CT molecular complexity index is 957. The summed E-state index contributed by atoms with van der Waals surface area (Å²) < 4.78 is 5.67. The van der Waals surface area contributed by atoms with Gasteiger partial charge in [-0.3, -0.25) is 20.4 Å². The van der Waals surface area contributed by atoms with Crippen LogP contribution in [-0.2, 0) is 6.61 Å². The lowest BCUT2D eigenvalue weighted by Crippen LogP contribution is -2.41. The van der Waals surface area contributed by atoms with Crippen molar-refractivity contribution in [3.8, 4) is 5.75 Å². The molecule has 3 rings (SSSR count). The lowest BCUT2D eigenvalue weighted by molar-refractivity contribution is 0.0846. The van der Waals surface area contributed by atoms with Crippen LogP contribution in [0.2, 0.25) is 5.02 Å². The molecule has 0 saturated heterocycles. The number of hydrazine groups is 1. The summed E-state index contributed by atoms with van der Waals surface area (Å²) in [5, 5.41) is 3.43. The maximum absolute atomic E-state index is 12.3. The second-order valence-corrected chi connectivity index (χ2v) is 7.09. The molecular weight excluding hydrogens is 386 g/mol. The average Bonchev–Trinajstić information content (AvgIpc) is 3.10. The molecule has 0 aliphatic rings. The van der Waals surface area contributed by atoms with Gasteiger partial charge in [0, 0.05) is 21.5 Å². The fourth-order valence-electron chi connectivity index (χ4n) is 2.22. The molecule has 0 saturated carbocycles. The molecule has 8 heteroatoms. The molecule has 1 heterocycles. The highest BCUT2D eigenvalue weighted by Crippen LogP contribution is 2.16. The predicted octanol–water partition coefficient (Wildman–Crippen LogP) is 3.76. The van der Waals surface area contributed by atoms with Crippen LogP contribution in [-0.4, -0.2) is 16.8 Å². The minimum Gasteiger partial charge on any atom is -0.487 e. The number of thiazole rings is 1. The first kappa shape index (κ1) is 18.9. The molecule has 1 aromatic heterocycles. The molecule has 138 valence electrons. The molecular formula is C19H16ClN3O3S. The molecule has 2 aromatic carbocycles. The number of halogens is 1. The van der Waals surface area contributed by atoms with Crippen molar-refractivity contribution in [3.63, 3.8) is 0 Å². The van der Waals surface area contributed by atoms with E-state index in [-0.39, 0.29) is 0 Å². The summed E-state index contributed by atoms with van der Waals surface area (Å²) in [7, 11) is 0. The van der Waals surface area contributed by atoms with Crippen molar-refractivity contribution in [2.45, 2.75) is 13.5 Å². The number of aromatic nitrogens is 1. The normalized spacial score (nSPS) is 10.3. The van der Waals surface area contributed by atoms with Crippen LogP contribution < -0.4 is 15.6 Å². The third-order valence-corrected chi connectivity index (χ3v) is 4.62. The highest BCUT2D eigenvalue weighted by atomic mass is 35.5. The minimum absolute atomic E-state index is 0.322. The maximum atomic E-state index is 12.3. The van der Waals surface area contributed by atoms with Gasteiger partial charge in [-0.15, -0.1) is 11.3 Å². The van der Waals surface area contributed by atoms with Crippen LogP contribution in [0.4, 0.5) is 0 Å². The highest BCUT2D eigenvalue weighted by molar-refractivity contribution is 7.09. The average molecular weight is 402 g/mol. The van der Waals surface area contributed by atoms with Crippen LogP contribution >= 0.6 is 22.9 Å². The number of nitrogens with one attached hydrogen (secondary N) is 2. The Hall–Kier alpha value is -2.90. The number of benzene rings is 2. The SMILES string of the molecule is Cc1nc(COc2cccc(C(=O)NNC(=O)c3ccc(Cl)cc3)c2)cs1. The molecule has 3 aromatic rings. The molecule has 6 nitrogen and oxygen atoms in total. The Morgan fingerprint density at radius 3 is 2.44 bits per heavy atom. The van der Waals surface area contributed by atoms with Crippen molar-refractivity contribution in [3.05, 3.63) is 80.8 Å². The van der Waals surface area contributed by atoms with Crippen molar-refractivity contribution in [1.82, 2.24) is 15.8 Å². The third-order valence-electron chi connectivity index (χ3n) is 3.55. The summed E-state index contributed by atoms with van der Waals surface area (Å²) >= 11 is 7.34. The minimum atomic E-state index is -0.452. The monoisotopic (exact) mass is 401 g/mol. The van der Waals surface area contributed by atoms with Gasteiger partial charge in [-0.05, 0) is 49.4 Å². The number of amides is 2. The number of rotatable bonds is 5. The smallest absolute Gasteiger partial charge is 0.269 e. The standard InChI is InChI=1S/C19H16ClN3O3S/c1-12-21-16(11-27-12)10-26-17-4-2-3-14(9-17)19(25)23-22-18(24)13-5-7-15(20)8-6-13/h2-9,11H,10H2,1H3,(H,22,24)(H,23,25). The molecule has 0 atom stereocenters. The van der Waals surface area contributed by atoms with Crippen molar-refractivity contribution >= 4 is 34.8 Å². The highest BCUT2D eigenvalue weighted by Gasteiger charge is 2.10. The van der Waals surface area contributed by atoms with Crippen LogP contribution in [0, 0.1) is 6.92 Å². The predicted molar refractivity (Wildman–Crippen MR) is 104 cm³/mol. The summed E-state index contributed by atoms with van der Waals surface area (Å²) in [6.45, 7) is 2.25. The molecule has 0 unspecified atom stereocenters. The van der Waals surface area contributed by atoms with Crippen molar-refractivity contribution < 1.29 is 14.3 Å². The van der Waals surface area contributed by atoms with Crippen LogP contribution in [0.1, 0.15) is 31.4 Å². The quantitative estimate of drug-likeness (QED) is 0.638. The molecule has 27 heavy (non-hydrogen) atoms. The van der Waals surface area contributed by atoms with E-state index in [9.17, 15) is 9.59 Å². The van der Waals surface area contributed by atoms with Crippen LogP contribution in [0.25, 0.3) is 0 Å². The molecule has 2 amide bonds. The molecule has 2 N–H and O–H groups in total. The van der Waals surface area contributed by atoms with E-state index in [0.717, 1.165) is 10.7 Å². The number of aryl methyl sites for hydroxylation is 1. The van der Waals surface area contributed by atoms with E-state index < -0.39 is 11.8 Å². The zero-order valence-corrected chi connectivity index (χ0v) is 15.9. The summed E-state index contributed by atoms with van der Waals surface area (Å²) in [6, 6.07) is 13.0. The van der Waals surface area contributed by atoms with Crippen molar-refractivity contribution in [2.75, 3.05) is 0 Å². The third kappa shape index (κ3) is 5.29. The van der Waals surface area contributed by atoms with Crippen LogP contribution in [0.5, 0.6) is 5.75 Å². The number of ether oxygens (including phenoxy) is 1. The van der Waals surface area contributed by atoms with E-state index in [4.69, 9.17) is 16.3 Å². The van der Waals surface area contributed by atoms with E-state index in [2.05, 4.69) is 15.8 Å². The zero-order valence-electron chi connectivity index (χ0n) is 14.4. The van der Waals surface area contributed by atoms with Gasteiger partial charge in [-0.1, -0.05) is 17.7 Å². The van der Waals surface area contributed by atoms with Crippen LogP contribution in [0.3, 0.4) is 0 Å². The first-order valence-corrected chi connectivity index (χ1v) is 9.27. The lowest BCUT2D eigenvalue weighted by atomic mass is 10.2. The van der Waals surface area contributed by atoms with Gasteiger partial charge in [0.25, 0.3) is 11.8 Å². The van der Waals surface area contributed by atoms with E-state index in [1.165, 1.54) is 0 Å². The summed E-state index contributed by atoms with van der Waals surface area (Å²) in [5.74, 6) is -0.351. The molecule has 0 fully saturated rings. The maximum Gasteiger partial charge on any atom is 0.269 e. The molecule has 0 aliphatic carbocycles. The number of carbonyl (C=O) groups is 2. The van der Waals surface area contributed by atoms with E-state index in [0.29, 0.717) is 28.5 Å². The summed E-state index contributed by atoms with van der Waals surface area (Å²) in [4.78, 5) is 28.6. The van der Waals surface area contributed by atoms with E-state index >= 15 is 0 Å². The number of carbonyl (C=O) groups excluding carboxylic acids is 2. The first-order chi connectivity index (χ1) is 13.0. The first-order valence-electron chi connectivity index (χ1n) is 8.01. The Morgan fingerprint density at radius 1 is 1.07 bits per heavy atom. The van der Waals surface area contributed by atoms with Gasteiger partial charge < -0.3 is 4.74 Å². The largest absolute Gasteiger partial charge is 0.487 e. The molecule has 0 aliphatic heterocycles. The van der Waals surface area contributed by atoms with Gasteiger partial charge in [-0.25, -0.2) is 4.98 Å². The lowest BCUT2D eigenvalue weighted by Gasteiger charge is -2.09. The number of nitrogens with zero attached hydrogens (tertiary/aromatic N) is 1. The van der Waals surface area contributed by atoms with Gasteiger partial charge in [0.2, 0.25) is 0 Å². The number of hydrogen-bond acceptors (Lipinski definition) is 5. The molecule has 0 radical (unpaired) electrons. The number of hydrogen-bond donors (Lipinski definition) is 2. The molecule has 0 bridgehead atoms. The van der Waals surface area contributed by atoms with Crippen LogP contribution in [0.15, 0.2) is 53.9 Å². The Balaban J connectivity index is 1.56. The topological polar surface area (TPSA) is 80.3 Å². The molecule has 0 spiro atoms. The fourth-order valence-corrected chi connectivity index (χ4v) is 2.94. The summed E-state index contributed by atoms with van der Waals surface area (Å²) in [6.07, 6.45) is 0. The summed E-state index contributed by atoms with van der Waals surface area (Å²) in [5.41, 5.74) is 6.32. The van der Waals surface area contributed by atoms with Gasteiger partial charge in [0.05, 0.1) is 10.7 Å². The van der Waals surface area contributed by atoms with E-state index in [1.54, 1.807) is 59.9 Å². The Labute approximate surface area is 165 Å². The van der Waals surface area contributed by atoms with Crippen molar-refractivity contribution in [1.29, 1.82) is 0 Å². The van der Waals surface area contributed by atoms with E-state index in [1.807, 2.05) is 12.3 Å². The van der Waals surface area contributed by atoms with Gasteiger partial charge in [0.1, 0.15) is 12.4 Å². The van der Waals surface area contributed by atoms with Gasteiger partial charge >= 0.3 is 0 Å².